The van der Waals surface area contributed by atoms with Gasteiger partial charge in [0, 0.05) is 15.6 Å². The van der Waals surface area contributed by atoms with Crippen LogP contribution in [0.4, 0.5) is 0 Å². The normalized spacial score (nSPS) is 14.1. The van der Waals surface area contributed by atoms with Crippen LogP contribution in [-0.4, -0.2) is 17.7 Å². The van der Waals surface area contributed by atoms with E-state index in [0.29, 0.717) is 22.0 Å². The lowest BCUT2D eigenvalue weighted by Gasteiger charge is -2.21. The van der Waals surface area contributed by atoms with E-state index in [4.69, 9.17) is 27.9 Å². The van der Waals surface area contributed by atoms with Crippen LogP contribution in [0, 0.1) is 5.92 Å². The molecule has 0 spiro atoms. The van der Waals surface area contributed by atoms with Gasteiger partial charge in [-0.1, -0.05) is 30.1 Å². The van der Waals surface area contributed by atoms with Gasteiger partial charge in [0.15, 0.2) is 0 Å². The molecule has 0 fully saturated rings. The molecular weight excluding hydrogens is 275 g/mol. The molecule has 1 aromatic rings. The highest BCUT2D eigenvalue weighted by molar-refractivity contribution is 6.33. The van der Waals surface area contributed by atoms with E-state index in [1.807, 2.05) is 6.92 Å². The highest BCUT2D eigenvalue weighted by atomic mass is 35.5. The van der Waals surface area contributed by atoms with Crippen molar-refractivity contribution in [2.45, 2.75) is 26.4 Å². The molecule has 2 atom stereocenters. The van der Waals surface area contributed by atoms with Crippen LogP contribution in [-0.2, 0) is 9.53 Å². The van der Waals surface area contributed by atoms with Crippen LogP contribution in [0.2, 0.25) is 10.0 Å². The van der Waals surface area contributed by atoms with Crippen molar-refractivity contribution in [3.63, 3.8) is 0 Å². The highest BCUT2D eigenvalue weighted by Crippen LogP contribution is 2.32. The van der Waals surface area contributed by atoms with Gasteiger partial charge in [-0.05, 0) is 31.5 Å². The van der Waals surface area contributed by atoms with Crippen LogP contribution in [0.3, 0.4) is 0 Å². The molecule has 1 N–H and O–H groups in total. The SMILES string of the molecule is CCOC(=O)C(CC)C(O)c1cc(Cl)ccc1Cl. The first-order valence-electron chi connectivity index (χ1n) is 5.80. The monoisotopic (exact) mass is 290 g/mol. The van der Waals surface area contributed by atoms with Crippen molar-refractivity contribution >= 4 is 29.2 Å². The van der Waals surface area contributed by atoms with Gasteiger partial charge >= 0.3 is 5.97 Å². The lowest BCUT2D eigenvalue weighted by Crippen LogP contribution is -2.24. The Kier molecular flexibility index (Phi) is 5.93. The van der Waals surface area contributed by atoms with Crippen molar-refractivity contribution in [3.8, 4) is 0 Å². The molecule has 5 heteroatoms. The summed E-state index contributed by atoms with van der Waals surface area (Å²) in [6.45, 7) is 3.82. The molecule has 0 bridgehead atoms. The van der Waals surface area contributed by atoms with E-state index in [1.54, 1.807) is 25.1 Å². The second-order valence-corrected chi connectivity index (χ2v) is 4.72. The fourth-order valence-corrected chi connectivity index (χ4v) is 2.14. The average Bonchev–Trinajstić information content (AvgIpc) is 2.33. The minimum Gasteiger partial charge on any atom is -0.466 e. The van der Waals surface area contributed by atoms with E-state index in [2.05, 4.69) is 0 Å². The first kappa shape index (κ1) is 15.3. The molecule has 0 aliphatic rings. The van der Waals surface area contributed by atoms with Gasteiger partial charge in [-0.25, -0.2) is 0 Å². The molecule has 0 radical (unpaired) electrons. The summed E-state index contributed by atoms with van der Waals surface area (Å²) >= 11 is 11.9. The first-order valence-corrected chi connectivity index (χ1v) is 6.56. The first-order chi connectivity index (χ1) is 8.51. The number of aliphatic hydroxyl groups excluding tert-OH is 1. The maximum absolute atomic E-state index is 11.7. The molecular formula is C13H16Cl2O3. The van der Waals surface area contributed by atoms with Crippen molar-refractivity contribution in [3.05, 3.63) is 33.8 Å². The Morgan fingerprint density at radius 3 is 2.61 bits per heavy atom. The van der Waals surface area contributed by atoms with Crippen LogP contribution < -0.4 is 0 Å². The molecule has 0 aliphatic heterocycles. The standard InChI is InChI=1S/C13H16Cl2O3/c1-3-9(13(17)18-4-2)12(16)10-7-8(14)5-6-11(10)15/h5-7,9,12,16H,3-4H2,1-2H3. The largest absolute Gasteiger partial charge is 0.466 e. The third kappa shape index (κ3) is 3.61. The molecule has 3 nitrogen and oxygen atoms in total. The van der Waals surface area contributed by atoms with E-state index < -0.39 is 18.0 Å². The van der Waals surface area contributed by atoms with Crippen LogP contribution >= 0.6 is 23.2 Å². The van der Waals surface area contributed by atoms with Gasteiger partial charge in [-0.15, -0.1) is 0 Å². The molecule has 1 rings (SSSR count). The van der Waals surface area contributed by atoms with E-state index in [1.165, 1.54) is 0 Å². The van der Waals surface area contributed by atoms with Crippen LogP contribution in [0.15, 0.2) is 18.2 Å². The van der Waals surface area contributed by atoms with Gasteiger partial charge < -0.3 is 9.84 Å². The number of hydrogen-bond acceptors (Lipinski definition) is 3. The number of benzene rings is 1. The number of esters is 1. The van der Waals surface area contributed by atoms with Gasteiger partial charge in [0.25, 0.3) is 0 Å². The fraction of sp³-hybridized carbons (Fsp3) is 0.462. The minimum atomic E-state index is -1.01. The number of carbonyl (C=O) groups is 1. The minimum absolute atomic E-state index is 0.283. The Bertz CT molecular complexity index is 421. The number of ether oxygens (including phenoxy) is 1. The van der Waals surface area contributed by atoms with E-state index in [0.717, 1.165) is 0 Å². The molecule has 0 aromatic heterocycles. The summed E-state index contributed by atoms with van der Waals surface area (Å²) in [4.78, 5) is 11.7. The van der Waals surface area contributed by atoms with E-state index in [-0.39, 0.29) is 6.61 Å². The van der Waals surface area contributed by atoms with Gasteiger partial charge in [-0.2, -0.15) is 0 Å². The topological polar surface area (TPSA) is 46.5 Å². The highest BCUT2D eigenvalue weighted by Gasteiger charge is 2.29. The van der Waals surface area contributed by atoms with E-state index >= 15 is 0 Å². The third-order valence-electron chi connectivity index (χ3n) is 2.69. The Balaban J connectivity index is 2.99. The summed E-state index contributed by atoms with van der Waals surface area (Å²) in [7, 11) is 0. The average molecular weight is 291 g/mol. The van der Waals surface area contributed by atoms with Crippen molar-refractivity contribution in [2.75, 3.05) is 6.61 Å². The number of aliphatic hydroxyl groups is 1. The molecule has 2 unspecified atom stereocenters. The maximum Gasteiger partial charge on any atom is 0.311 e. The number of halogens is 2. The summed E-state index contributed by atoms with van der Waals surface area (Å²) < 4.78 is 4.93. The summed E-state index contributed by atoms with van der Waals surface area (Å²) in [5.41, 5.74) is 0.448. The molecule has 18 heavy (non-hydrogen) atoms. The Morgan fingerprint density at radius 2 is 2.06 bits per heavy atom. The zero-order chi connectivity index (χ0) is 13.7. The van der Waals surface area contributed by atoms with Crippen molar-refractivity contribution in [1.29, 1.82) is 0 Å². The zero-order valence-electron chi connectivity index (χ0n) is 10.3. The number of rotatable bonds is 5. The van der Waals surface area contributed by atoms with Gasteiger partial charge in [-0.3, -0.25) is 4.79 Å². The quantitative estimate of drug-likeness (QED) is 0.843. The second-order valence-electron chi connectivity index (χ2n) is 3.88. The van der Waals surface area contributed by atoms with Crippen LogP contribution in [0.1, 0.15) is 31.9 Å². The maximum atomic E-state index is 11.7. The third-order valence-corrected chi connectivity index (χ3v) is 3.27. The molecule has 100 valence electrons. The second kappa shape index (κ2) is 6.98. The van der Waals surface area contributed by atoms with Crippen LogP contribution in [0.5, 0.6) is 0 Å². The Hall–Kier alpha value is -0.770. The predicted molar refractivity (Wildman–Crippen MR) is 71.8 cm³/mol. The van der Waals surface area contributed by atoms with Gasteiger partial charge in [0.1, 0.15) is 0 Å². The predicted octanol–water partition coefficient (Wildman–Crippen LogP) is 3.62. The number of hydrogen-bond donors (Lipinski definition) is 1. The summed E-state index contributed by atoms with van der Waals surface area (Å²) in [6, 6.07) is 4.79. The van der Waals surface area contributed by atoms with Crippen molar-refractivity contribution in [1.82, 2.24) is 0 Å². The fourth-order valence-electron chi connectivity index (χ4n) is 1.73. The van der Waals surface area contributed by atoms with Crippen molar-refractivity contribution < 1.29 is 14.6 Å². The summed E-state index contributed by atoms with van der Waals surface area (Å²) in [5.74, 6) is -1.07. The lowest BCUT2D eigenvalue weighted by atomic mass is 9.93. The van der Waals surface area contributed by atoms with Crippen molar-refractivity contribution in [2.24, 2.45) is 5.92 Å². The molecule has 0 saturated heterocycles. The smallest absolute Gasteiger partial charge is 0.311 e. The Morgan fingerprint density at radius 1 is 1.39 bits per heavy atom. The molecule has 0 aliphatic carbocycles. The van der Waals surface area contributed by atoms with E-state index in [9.17, 15) is 9.90 Å². The summed E-state index contributed by atoms with van der Waals surface area (Å²) in [5, 5.41) is 11.1. The number of carbonyl (C=O) groups excluding carboxylic acids is 1. The molecule has 0 heterocycles. The Labute approximate surface area is 117 Å². The van der Waals surface area contributed by atoms with Gasteiger partial charge in [0.2, 0.25) is 0 Å². The molecule has 1 aromatic carbocycles. The zero-order valence-corrected chi connectivity index (χ0v) is 11.8. The summed E-state index contributed by atoms with van der Waals surface area (Å²) in [6.07, 6.45) is -0.553. The molecule has 0 amide bonds. The molecule has 0 saturated carbocycles. The van der Waals surface area contributed by atoms with Gasteiger partial charge in [0.05, 0.1) is 18.6 Å². The van der Waals surface area contributed by atoms with Crippen LogP contribution in [0.25, 0.3) is 0 Å². The lowest BCUT2D eigenvalue weighted by molar-refractivity contribution is -0.152.